The number of hydrogen-bond acceptors (Lipinski definition) is 6. The molecule has 0 saturated heterocycles. The summed E-state index contributed by atoms with van der Waals surface area (Å²) in [6.07, 6.45) is 0. The fourth-order valence-corrected chi connectivity index (χ4v) is 2.64. The topological polar surface area (TPSA) is 57.1 Å². The first-order valence-electron chi connectivity index (χ1n) is 6.87. The van der Waals surface area contributed by atoms with Gasteiger partial charge in [-0.05, 0) is 42.6 Å². The maximum absolute atomic E-state index is 5.65. The molecule has 1 aromatic carbocycles. The van der Waals surface area contributed by atoms with E-state index in [-0.39, 0.29) is 0 Å². The van der Waals surface area contributed by atoms with Crippen molar-refractivity contribution in [1.82, 2.24) is 15.2 Å². The first-order chi connectivity index (χ1) is 10.8. The molecule has 0 N–H and O–H groups in total. The molecule has 0 saturated carbocycles. The van der Waals surface area contributed by atoms with Gasteiger partial charge in [0.25, 0.3) is 0 Å². The monoisotopic (exact) mass is 313 g/mol. The molecule has 0 radical (unpaired) electrons. The molecule has 0 unspecified atom stereocenters. The van der Waals surface area contributed by atoms with Crippen LogP contribution >= 0.6 is 11.3 Å². The molecular weight excluding hydrogens is 298 g/mol. The zero-order valence-corrected chi connectivity index (χ0v) is 13.1. The SMILES string of the molecule is CCOc1nc(-c2cccs2)nnc1-c1ccc(OC)cc1. The van der Waals surface area contributed by atoms with E-state index in [1.807, 2.05) is 48.7 Å². The summed E-state index contributed by atoms with van der Waals surface area (Å²) in [4.78, 5) is 5.47. The van der Waals surface area contributed by atoms with Gasteiger partial charge in [0.1, 0.15) is 5.75 Å². The molecular formula is C16H15N3O2S. The van der Waals surface area contributed by atoms with E-state index in [0.29, 0.717) is 24.0 Å². The number of benzene rings is 1. The van der Waals surface area contributed by atoms with E-state index in [2.05, 4.69) is 15.2 Å². The van der Waals surface area contributed by atoms with Gasteiger partial charge in [0.05, 0.1) is 18.6 Å². The summed E-state index contributed by atoms with van der Waals surface area (Å²) in [5.74, 6) is 1.86. The molecule has 0 atom stereocenters. The molecule has 0 aliphatic heterocycles. The number of methoxy groups -OCH3 is 1. The second kappa shape index (κ2) is 6.53. The second-order valence-electron chi connectivity index (χ2n) is 4.43. The molecule has 0 spiro atoms. The van der Waals surface area contributed by atoms with Crippen LogP contribution < -0.4 is 9.47 Å². The van der Waals surface area contributed by atoms with Crippen molar-refractivity contribution in [2.24, 2.45) is 0 Å². The van der Waals surface area contributed by atoms with Gasteiger partial charge >= 0.3 is 0 Å². The number of thiophene rings is 1. The van der Waals surface area contributed by atoms with E-state index in [1.165, 1.54) is 0 Å². The van der Waals surface area contributed by atoms with Crippen LogP contribution in [0.2, 0.25) is 0 Å². The highest BCUT2D eigenvalue weighted by atomic mass is 32.1. The lowest BCUT2D eigenvalue weighted by atomic mass is 10.1. The van der Waals surface area contributed by atoms with E-state index in [0.717, 1.165) is 16.2 Å². The Hall–Kier alpha value is -2.47. The highest BCUT2D eigenvalue weighted by Crippen LogP contribution is 2.30. The molecule has 3 aromatic rings. The van der Waals surface area contributed by atoms with Gasteiger partial charge in [-0.15, -0.1) is 21.5 Å². The van der Waals surface area contributed by atoms with E-state index < -0.39 is 0 Å². The lowest BCUT2D eigenvalue weighted by molar-refractivity contribution is 0.326. The van der Waals surface area contributed by atoms with Crippen LogP contribution in [0.4, 0.5) is 0 Å². The van der Waals surface area contributed by atoms with Gasteiger partial charge in [-0.1, -0.05) is 6.07 Å². The minimum absolute atomic E-state index is 0.492. The van der Waals surface area contributed by atoms with Gasteiger partial charge in [0, 0.05) is 5.56 Å². The lowest BCUT2D eigenvalue weighted by Gasteiger charge is -2.09. The minimum atomic E-state index is 0.492. The van der Waals surface area contributed by atoms with E-state index in [4.69, 9.17) is 9.47 Å². The standard InChI is InChI=1S/C16H15N3O2S/c1-3-21-16-14(11-6-8-12(20-2)9-7-11)18-19-15(17-16)13-5-4-10-22-13/h4-10H,3H2,1-2H3. The van der Waals surface area contributed by atoms with Crippen LogP contribution in [0.3, 0.4) is 0 Å². The van der Waals surface area contributed by atoms with Crippen molar-refractivity contribution in [1.29, 1.82) is 0 Å². The number of hydrogen-bond donors (Lipinski definition) is 0. The van der Waals surface area contributed by atoms with Crippen molar-refractivity contribution in [2.45, 2.75) is 6.92 Å². The van der Waals surface area contributed by atoms with Crippen LogP contribution in [0, 0.1) is 0 Å². The third kappa shape index (κ3) is 2.92. The normalized spacial score (nSPS) is 10.5. The van der Waals surface area contributed by atoms with Gasteiger partial charge in [0.15, 0.2) is 11.5 Å². The van der Waals surface area contributed by atoms with E-state index in [1.54, 1.807) is 18.4 Å². The largest absolute Gasteiger partial charge is 0.497 e. The van der Waals surface area contributed by atoms with Crippen LogP contribution in [0.5, 0.6) is 11.6 Å². The van der Waals surface area contributed by atoms with Crippen LogP contribution in [-0.4, -0.2) is 28.9 Å². The maximum atomic E-state index is 5.65. The molecule has 0 aliphatic carbocycles. The van der Waals surface area contributed by atoms with Crippen LogP contribution in [0.1, 0.15) is 6.92 Å². The average molecular weight is 313 g/mol. The number of nitrogens with zero attached hydrogens (tertiary/aromatic N) is 3. The van der Waals surface area contributed by atoms with Gasteiger partial charge in [-0.25, -0.2) is 0 Å². The minimum Gasteiger partial charge on any atom is -0.497 e. The summed E-state index contributed by atoms with van der Waals surface area (Å²) >= 11 is 1.57. The van der Waals surface area contributed by atoms with Crippen molar-refractivity contribution in [2.75, 3.05) is 13.7 Å². The van der Waals surface area contributed by atoms with E-state index >= 15 is 0 Å². The van der Waals surface area contributed by atoms with Crippen molar-refractivity contribution in [3.05, 3.63) is 41.8 Å². The summed E-state index contributed by atoms with van der Waals surface area (Å²) in [6, 6.07) is 11.5. The van der Waals surface area contributed by atoms with Gasteiger partial charge < -0.3 is 9.47 Å². The van der Waals surface area contributed by atoms with Crippen LogP contribution in [0.15, 0.2) is 41.8 Å². The molecule has 0 bridgehead atoms. The summed E-state index contributed by atoms with van der Waals surface area (Å²) in [5, 5.41) is 10.5. The third-order valence-corrected chi connectivity index (χ3v) is 3.91. The van der Waals surface area contributed by atoms with Crippen molar-refractivity contribution < 1.29 is 9.47 Å². The average Bonchev–Trinajstić information content (AvgIpc) is 3.10. The highest BCUT2D eigenvalue weighted by Gasteiger charge is 2.14. The van der Waals surface area contributed by atoms with Crippen molar-refractivity contribution >= 4 is 11.3 Å². The Kier molecular flexibility index (Phi) is 4.29. The Morgan fingerprint density at radius 2 is 1.91 bits per heavy atom. The summed E-state index contributed by atoms with van der Waals surface area (Å²) in [7, 11) is 1.64. The smallest absolute Gasteiger partial charge is 0.244 e. The molecule has 0 fully saturated rings. The fourth-order valence-electron chi connectivity index (χ4n) is 1.99. The van der Waals surface area contributed by atoms with Crippen molar-refractivity contribution in [3.8, 4) is 33.6 Å². The Balaban J connectivity index is 2.02. The van der Waals surface area contributed by atoms with E-state index in [9.17, 15) is 0 Å². The Bertz CT molecular complexity index is 743. The third-order valence-electron chi connectivity index (χ3n) is 3.04. The molecule has 0 aliphatic rings. The first-order valence-corrected chi connectivity index (χ1v) is 7.75. The number of aromatic nitrogens is 3. The second-order valence-corrected chi connectivity index (χ2v) is 5.38. The number of ether oxygens (including phenoxy) is 2. The molecule has 2 aromatic heterocycles. The Morgan fingerprint density at radius 1 is 1.09 bits per heavy atom. The zero-order chi connectivity index (χ0) is 15.4. The molecule has 2 heterocycles. The molecule has 6 heteroatoms. The number of rotatable bonds is 5. The molecule has 3 rings (SSSR count). The lowest BCUT2D eigenvalue weighted by Crippen LogP contribution is -2.02. The molecule has 22 heavy (non-hydrogen) atoms. The van der Waals surface area contributed by atoms with Gasteiger partial charge in [0.2, 0.25) is 5.88 Å². The predicted molar refractivity (Wildman–Crippen MR) is 86.3 cm³/mol. The summed E-state index contributed by atoms with van der Waals surface area (Å²) in [6.45, 7) is 2.44. The van der Waals surface area contributed by atoms with Crippen LogP contribution in [-0.2, 0) is 0 Å². The molecule has 112 valence electrons. The Morgan fingerprint density at radius 3 is 2.55 bits per heavy atom. The quantitative estimate of drug-likeness (QED) is 0.719. The van der Waals surface area contributed by atoms with Crippen LogP contribution in [0.25, 0.3) is 22.0 Å². The Labute approximate surface area is 132 Å². The molecule has 0 amide bonds. The highest BCUT2D eigenvalue weighted by molar-refractivity contribution is 7.13. The zero-order valence-electron chi connectivity index (χ0n) is 12.3. The first kappa shape index (κ1) is 14.5. The summed E-state index contributed by atoms with van der Waals surface area (Å²) < 4.78 is 10.8. The van der Waals surface area contributed by atoms with Crippen molar-refractivity contribution in [3.63, 3.8) is 0 Å². The predicted octanol–water partition coefficient (Wildman–Crippen LogP) is 3.67. The van der Waals surface area contributed by atoms with Gasteiger partial charge in [-0.2, -0.15) is 4.98 Å². The fraction of sp³-hybridized carbons (Fsp3) is 0.188. The maximum Gasteiger partial charge on any atom is 0.244 e. The van der Waals surface area contributed by atoms with Gasteiger partial charge in [-0.3, -0.25) is 0 Å². The molecule has 5 nitrogen and oxygen atoms in total. The summed E-state index contributed by atoms with van der Waals surface area (Å²) in [5.41, 5.74) is 1.52.